The maximum atomic E-state index is 13.0. The molecule has 0 bridgehead atoms. The Morgan fingerprint density at radius 3 is 2.76 bits per heavy atom. The van der Waals surface area contributed by atoms with Gasteiger partial charge >= 0.3 is 6.16 Å². The van der Waals surface area contributed by atoms with E-state index in [2.05, 4.69) is 0 Å². The highest BCUT2D eigenvalue weighted by Gasteiger charge is 2.34. The van der Waals surface area contributed by atoms with E-state index in [0.29, 0.717) is 35.7 Å². The van der Waals surface area contributed by atoms with Gasteiger partial charge in [-0.05, 0) is 39.1 Å². The molecule has 1 aliphatic heterocycles. The second kappa shape index (κ2) is 9.43. The van der Waals surface area contributed by atoms with Crippen LogP contribution in [-0.2, 0) is 4.74 Å². The van der Waals surface area contributed by atoms with Crippen LogP contribution in [0.2, 0.25) is 5.02 Å². The minimum Gasteiger partial charge on any atom is -0.507 e. The number of phenolic OH excluding ortho intramolecular Hbond substituents is 1. The Hall–Kier alpha value is -3.07. The Bertz CT molecular complexity index is 1260. The van der Waals surface area contributed by atoms with E-state index < -0.39 is 29.4 Å². The highest BCUT2D eigenvalue weighted by Crippen LogP contribution is 2.43. The first-order chi connectivity index (χ1) is 15.8. The Balaban J connectivity index is 2.00. The predicted molar refractivity (Wildman–Crippen MR) is 123 cm³/mol. The molecule has 0 unspecified atom stereocenters. The molecule has 33 heavy (non-hydrogen) atoms. The molecule has 3 aromatic rings. The molecule has 1 fully saturated rings. The second-order valence-corrected chi connectivity index (χ2v) is 8.38. The van der Waals surface area contributed by atoms with Gasteiger partial charge < -0.3 is 29.0 Å². The standard InChI is InChI=1S/C24H24ClNO7/c1-3-31-24(30)33-20-11-17(28)22-16(27)10-19(13-6-4-5-7-15(13)25)32-23(22)21(20)14-8-9-26(2)12-18(14)29/h4-7,10-11,14,18,28-29H,3,8-9,12H2,1-2H3/t14-,18+/m0/s1. The Kier molecular flexibility index (Phi) is 6.60. The molecule has 9 heteroatoms. The topological polar surface area (TPSA) is 109 Å². The SMILES string of the molecule is CCOC(=O)Oc1cc(O)c2c(=O)cc(-c3ccccc3Cl)oc2c1[C@H]1CCN(C)C[C@H]1O. The van der Waals surface area contributed by atoms with Crippen LogP contribution in [-0.4, -0.2) is 54.1 Å². The van der Waals surface area contributed by atoms with E-state index in [-0.39, 0.29) is 29.1 Å². The summed E-state index contributed by atoms with van der Waals surface area (Å²) in [6.45, 7) is 2.77. The number of ether oxygens (including phenoxy) is 2. The third-order valence-electron chi connectivity index (χ3n) is 5.73. The van der Waals surface area contributed by atoms with E-state index in [1.165, 1.54) is 12.1 Å². The molecule has 0 spiro atoms. The van der Waals surface area contributed by atoms with Crippen LogP contribution in [0.1, 0.15) is 24.8 Å². The van der Waals surface area contributed by atoms with Gasteiger partial charge in [-0.2, -0.15) is 0 Å². The number of hydrogen-bond donors (Lipinski definition) is 2. The van der Waals surface area contributed by atoms with Crippen molar-refractivity contribution in [1.82, 2.24) is 4.90 Å². The molecule has 2 aromatic carbocycles. The molecule has 1 saturated heterocycles. The Morgan fingerprint density at radius 2 is 2.06 bits per heavy atom. The molecule has 4 rings (SSSR count). The van der Waals surface area contributed by atoms with Crippen molar-refractivity contribution in [2.45, 2.75) is 25.4 Å². The molecule has 1 aliphatic rings. The quantitative estimate of drug-likeness (QED) is 0.430. The van der Waals surface area contributed by atoms with Gasteiger partial charge in [0.1, 0.15) is 28.2 Å². The van der Waals surface area contributed by atoms with E-state index in [4.69, 9.17) is 25.5 Å². The van der Waals surface area contributed by atoms with Crippen molar-refractivity contribution >= 4 is 28.7 Å². The van der Waals surface area contributed by atoms with Crippen molar-refractivity contribution in [3.05, 3.63) is 57.2 Å². The van der Waals surface area contributed by atoms with Crippen LogP contribution in [0.5, 0.6) is 11.5 Å². The fraction of sp³-hybridized carbons (Fsp3) is 0.333. The highest BCUT2D eigenvalue weighted by atomic mass is 35.5. The lowest BCUT2D eigenvalue weighted by Crippen LogP contribution is -2.40. The number of piperidine rings is 1. The fourth-order valence-electron chi connectivity index (χ4n) is 4.20. The second-order valence-electron chi connectivity index (χ2n) is 7.98. The summed E-state index contributed by atoms with van der Waals surface area (Å²) < 4.78 is 16.4. The third kappa shape index (κ3) is 4.55. The summed E-state index contributed by atoms with van der Waals surface area (Å²) in [4.78, 5) is 27.1. The number of aliphatic hydroxyl groups is 1. The zero-order valence-electron chi connectivity index (χ0n) is 18.2. The zero-order chi connectivity index (χ0) is 23.7. The fourth-order valence-corrected chi connectivity index (χ4v) is 4.43. The van der Waals surface area contributed by atoms with Crippen LogP contribution in [0, 0.1) is 0 Å². The number of likely N-dealkylation sites (N-methyl/N-ethyl adjacent to an activating group) is 1. The van der Waals surface area contributed by atoms with Gasteiger partial charge in [-0.1, -0.05) is 23.7 Å². The zero-order valence-corrected chi connectivity index (χ0v) is 19.0. The van der Waals surface area contributed by atoms with Gasteiger partial charge in [-0.25, -0.2) is 4.79 Å². The molecular formula is C24H24ClNO7. The minimum atomic E-state index is -0.968. The van der Waals surface area contributed by atoms with Crippen molar-refractivity contribution < 1.29 is 28.9 Å². The van der Waals surface area contributed by atoms with Crippen LogP contribution in [0.25, 0.3) is 22.3 Å². The maximum Gasteiger partial charge on any atom is 0.513 e. The molecule has 2 atom stereocenters. The maximum absolute atomic E-state index is 13.0. The van der Waals surface area contributed by atoms with Gasteiger partial charge in [0, 0.05) is 35.7 Å². The number of aliphatic hydroxyl groups excluding tert-OH is 1. The lowest BCUT2D eigenvalue weighted by molar-refractivity contribution is 0.0619. The Labute approximate surface area is 194 Å². The number of nitrogens with zero attached hydrogens (tertiary/aromatic N) is 1. The lowest BCUT2D eigenvalue weighted by Gasteiger charge is -2.34. The van der Waals surface area contributed by atoms with Crippen molar-refractivity contribution in [3.63, 3.8) is 0 Å². The molecule has 2 N–H and O–H groups in total. The average Bonchev–Trinajstić information content (AvgIpc) is 2.75. The molecule has 1 aromatic heterocycles. The number of benzene rings is 2. The van der Waals surface area contributed by atoms with Crippen molar-refractivity contribution in [3.8, 4) is 22.8 Å². The number of rotatable bonds is 4. The van der Waals surface area contributed by atoms with E-state index in [0.717, 1.165) is 0 Å². The summed E-state index contributed by atoms with van der Waals surface area (Å²) in [7, 11) is 1.89. The smallest absolute Gasteiger partial charge is 0.507 e. The largest absolute Gasteiger partial charge is 0.513 e. The van der Waals surface area contributed by atoms with Crippen LogP contribution in [0.15, 0.2) is 45.6 Å². The van der Waals surface area contributed by atoms with Crippen molar-refractivity contribution in [2.75, 3.05) is 26.7 Å². The molecule has 8 nitrogen and oxygen atoms in total. The average molecular weight is 474 g/mol. The van der Waals surface area contributed by atoms with Crippen molar-refractivity contribution in [1.29, 1.82) is 0 Å². The van der Waals surface area contributed by atoms with E-state index >= 15 is 0 Å². The number of fused-ring (bicyclic) bond motifs is 1. The third-order valence-corrected chi connectivity index (χ3v) is 6.06. The van der Waals surface area contributed by atoms with Gasteiger partial charge in [0.2, 0.25) is 0 Å². The summed E-state index contributed by atoms with van der Waals surface area (Å²) in [6.07, 6.45) is -1.28. The molecular weight excluding hydrogens is 450 g/mol. The van der Waals surface area contributed by atoms with Gasteiger partial charge in [0.25, 0.3) is 0 Å². The first-order valence-electron chi connectivity index (χ1n) is 10.6. The molecule has 0 amide bonds. The van der Waals surface area contributed by atoms with E-state index in [1.807, 2.05) is 11.9 Å². The molecule has 2 heterocycles. The van der Waals surface area contributed by atoms with Gasteiger partial charge in [0.05, 0.1) is 17.7 Å². The number of phenols is 1. The van der Waals surface area contributed by atoms with Gasteiger partial charge in [0.15, 0.2) is 5.43 Å². The van der Waals surface area contributed by atoms with Crippen LogP contribution >= 0.6 is 11.6 Å². The summed E-state index contributed by atoms with van der Waals surface area (Å²) >= 11 is 6.31. The number of halogens is 1. The summed E-state index contributed by atoms with van der Waals surface area (Å²) in [6, 6.07) is 9.32. The Morgan fingerprint density at radius 1 is 1.30 bits per heavy atom. The normalized spacial score (nSPS) is 18.9. The lowest BCUT2D eigenvalue weighted by atomic mass is 9.85. The minimum absolute atomic E-state index is 0.0327. The number of carbonyl (C=O) groups is 1. The van der Waals surface area contributed by atoms with Gasteiger partial charge in [-0.15, -0.1) is 0 Å². The van der Waals surface area contributed by atoms with Crippen LogP contribution < -0.4 is 10.2 Å². The molecule has 0 aliphatic carbocycles. The van der Waals surface area contributed by atoms with Crippen molar-refractivity contribution in [2.24, 2.45) is 0 Å². The summed E-state index contributed by atoms with van der Waals surface area (Å²) in [5.41, 5.74) is 0.354. The molecule has 0 saturated carbocycles. The van der Waals surface area contributed by atoms with E-state index in [1.54, 1.807) is 31.2 Å². The number of likely N-dealkylation sites (tertiary alicyclic amines) is 1. The molecule has 174 valence electrons. The number of aromatic hydroxyl groups is 1. The van der Waals surface area contributed by atoms with E-state index in [9.17, 15) is 19.8 Å². The molecule has 0 radical (unpaired) electrons. The monoisotopic (exact) mass is 473 g/mol. The summed E-state index contributed by atoms with van der Waals surface area (Å²) in [5.74, 6) is -0.769. The van der Waals surface area contributed by atoms with Crippen LogP contribution in [0.4, 0.5) is 4.79 Å². The van der Waals surface area contributed by atoms with Crippen LogP contribution in [0.3, 0.4) is 0 Å². The summed E-state index contributed by atoms with van der Waals surface area (Å²) in [5, 5.41) is 21.8. The predicted octanol–water partition coefficient (Wildman–Crippen LogP) is 4.13. The number of β-amino-alcohol motifs (C(OH)–C–C–N with tert-alkyl or cyclic N) is 1. The van der Waals surface area contributed by atoms with Gasteiger partial charge in [-0.3, -0.25) is 4.79 Å². The highest BCUT2D eigenvalue weighted by molar-refractivity contribution is 6.33. The first-order valence-corrected chi connectivity index (χ1v) is 11.0. The first kappa shape index (κ1) is 23.1. The number of carbonyl (C=O) groups excluding carboxylic acids is 1. The number of hydrogen-bond acceptors (Lipinski definition) is 8.